The van der Waals surface area contributed by atoms with E-state index >= 15 is 0 Å². The maximum atomic E-state index is 11.7. The zero-order valence-corrected chi connectivity index (χ0v) is 12.0. The zero-order valence-electron chi connectivity index (χ0n) is 12.0. The van der Waals surface area contributed by atoms with Crippen molar-refractivity contribution in [2.45, 2.75) is 32.7 Å². The average Bonchev–Trinajstić information content (AvgIpc) is 2.34. The lowest BCUT2D eigenvalue weighted by Gasteiger charge is -2.29. The van der Waals surface area contributed by atoms with Gasteiger partial charge in [0.1, 0.15) is 6.04 Å². The van der Waals surface area contributed by atoms with Gasteiger partial charge in [0.05, 0.1) is 0 Å². The van der Waals surface area contributed by atoms with Crippen LogP contribution in [0.4, 0.5) is 4.79 Å². The van der Waals surface area contributed by atoms with Crippen molar-refractivity contribution in [2.24, 2.45) is 11.8 Å². The summed E-state index contributed by atoms with van der Waals surface area (Å²) in [6.45, 7) is 6.27. The molecule has 1 atom stereocenters. The van der Waals surface area contributed by atoms with Gasteiger partial charge < -0.3 is 20.6 Å². The highest BCUT2D eigenvalue weighted by molar-refractivity contribution is 5.82. The van der Waals surface area contributed by atoms with Crippen molar-refractivity contribution in [3.05, 3.63) is 0 Å². The fourth-order valence-corrected chi connectivity index (χ4v) is 2.21. The van der Waals surface area contributed by atoms with Crippen LogP contribution < -0.4 is 10.6 Å². The summed E-state index contributed by atoms with van der Waals surface area (Å²) in [5.74, 6) is -0.639. The minimum atomic E-state index is -0.996. The molecule has 110 valence electrons. The summed E-state index contributed by atoms with van der Waals surface area (Å²) in [5, 5.41) is 14.3. The molecule has 0 saturated carbocycles. The molecule has 0 aromatic heterocycles. The number of hydrogen-bond acceptors (Lipinski definition) is 3. The summed E-state index contributed by atoms with van der Waals surface area (Å²) in [6, 6.07) is -1.22. The number of nitrogens with zero attached hydrogens (tertiary/aromatic N) is 1. The van der Waals surface area contributed by atoms with Gasteiger partial charge in [-0.25, -0.2) is 9.59 Å². The molecule has 1 rings (SSSR count). The Hall–Kier alpha value is -1.30. The number of hydrogen-bond donors (Lipinski definition) is 3. The Morgan fingerprint density at radius 1 is 1.32 bits per heavy atom. The van der Waals surface area contributed by atoms with Gasteiger partial charge >= 0.3 is 12.0 Å². The summed E-state index contributed by atoms with van der Waals surface area (Å²) in [4.78, 5) is 24.9. The summed E-state index contributed by atoms with van der Waals surface area (Å²) in [7, 11) is 2.09. The van der Waals surface area contributed by atoms with E-state index in [4.69, 9.17) is 5.11 Å². The number of carboxylic acids is 1. The number of likely N-dealkylation sites (tertiary alicyclic amines) is 1. The monoisotopic (exact) mass is 271 g/mol. The third-order valence-electron chi connectivity index (χ3n) is 3.61. The van der Waals surface area contributed by atoms with Crippen molar-refractivity contribution in [1.82, 2.24) is 15.5 Å². The molecule has 19 heavy (non-hydrogen) atoms. The number of aliphatic carboxylic acids is 1. The van der Waals surface area contributed by atoms with Crippen LogP contribution >= 0.6 is 0 Å². The molecule has 0 unspecified atom stereocenters. The van der Waals surface area contributed by atoms with Gasteiger partial charge in [0.25, 0.3) is 0 Å². The van der Waals surface area contributed by atoms with E-state index in [-0.39, 0.29) is 11.9 Å². The van der Waals surface area contributed by atoms with Gasteiger partial charge in [0.2, 0.25) is 0 Å². The topological polar surface area (TPSA) is 81.7 Å². The van der Waals surface area contributed by atoms with Crippen molar-refractivity contribution >= 4 is 12.0 Å². The van der Waals surface area contributed by atoms with E-state index in [1.807, 2.05) is 0 Å². The molecule has 1 fully saturated rings. The van der Waals surface area contributed by atoms with Crippen LogP contribution in [-0.4, -0.2) is 54.7 Å². The summed E-state index contributed by atoms with van der Waals surface area (Å²) >= 11 is 0. The molecule has 2 amide bonds. The number of carboxylic acid groups (broad SMARTS) is 1. The Kier molecular flexibility index (Phi) is 6.08. The average molecular weight is 271 g/mol. The lowest BCUT2D eigenvalue weighted by atomic mass is 9.97. The van der Waals surface area contributed by atoms with Gasteiger partial charge in [-0.05, 0) is 44.8 Å². The Morgan fingerprint density at radius 2 is 1.89 bits per heavy atom. The number of nitrogens with one attached hydrogen (secondary N) is 2. The molecule has 0 bridgehead atoms. The van der Waals surface area contributed by atoms with Crippen molar-refractivity contribution < 1.29 is 14.7 Å². The van der Waals surface area contributed by atoms with Crippen LogP contribution in [0.1, 0.15) is 26.7 Å². The molecule has 0 aromatic carbocycles. The lowest BCUT2D eigenvalue weighted by Crippen LogP contribution is -2.49. The fourth-order valence-electron chi connectivity index (χ4n) is 2.21. The number of piperidine rings is 1. The van der Waals surface area contributed by atoms with Crippen LogP contribution in [0.25, 0.3) is 0 Å². The van der Waals surface area contributed by atoms with Crippen LogP contribution in [-0.2, 0) is 4.79 Å². The maximum absolute atomic E-state index is 11.7. The Balaban J connectivity index is 2.29. The quantitative estimate of drug-likeness (QED) is 0.689. The number of urea groups is 1. The normalized spacial score (nSPS) is 19.2. The van der Waals surface area contributed by atoms with Crippen molar-refractivity contribution in [3.8, 4) is 0 Å². The van der Waals surface area contributed by atoms with Gasteiger partial charge in [0.15, 0.2) is 0 Å². The van der Waals surface area contributed by atoms with Crippen LogP contribution in [0.15, 0.2) is 0 Å². The van der Waals surface area contributed by atoms with Gasteiger partial charge in [-0.15, -0.1) is 0 Å². The van der Waals surface area contributed by atoms with E-state index in [9.17, 15) is 9.59 Å². The highest BCUT2D eigenvalue weighted by Gasteiger charge is 2.24. The first-order chi connectivity index (χ1) is 8.90. The molecule has 0 radical (unpaired) electrons. The standard InChI is InChI=1S/C13H25N3O3/c1-9(2)11(12(17)18)15-13(19)14-8-10-4-6-16(3)7-5-10/h9-11H,4-8H2,1-3H3,(H,17,18)(H2,14,15,19)/t11-/m1/s1. The van der Waals surface area contributed by atoms with Crippen LogP contribution in [0.5, 0.6) is 0 Å². The van der Waals surface area contributed by atoms with E-state index in [0.717, 1.165) is 25.9 Å². The molecule has 1 saturated heterocycles. The molecule has 6 heteroatoms. The van der Waals surface area contributed by atoms with E-state index in [2.05, 4.69) is 22.6 Å². The van der Waals surface area contributed by atoms with Gasteiger partial charge in [-0.1, -0.05) is 13.8 Å². The van der Waals surface area contributed by atoms with Crippen molar-refractivity contribution in [3.63, 3.8) is 0 Å². The Bertz CT molecular complexity index is 312. The molecule has 3 N–H and O–H groups in total. The smallest absolute Gasteiger partial charge is 0.326 e. The summed E-state index contributed by atoms with van der Waals surface area (Å²) < 4.78 is 0. The molecule has 0 aromatic rings. The minimum Gasteiger partial charge on any atom is -0.480 e. The molecule has 0 aliphatic carbocycles. The maximum Gasteiger partial charge on any atom is 0.326 e. The predicted octanol–water partition coefficient (Wildman–Crippen LogP) is 0.737. The van der Waals surface area contributed by atoms with E-state index in [1.54, 1.807) is 13.8 Å². The lowest BCUT2D eigenvalue weighted by molar-refractivity contribution is -0.140. The van der Waals surface area contributed by atoms with Crippen LogP contribution in [0, 0.1) is 11.8 Å². The van der Waals surface area contributed by atoms with Gasteiger partial charge in [-0.2, -0.15) is 0 Å². The second-order valence-electron chi connectivity index (χ2n) is 5.66. The second-order valence-corrected chi connectivity index (χ2v) is 5.66. The molecule has 1 aliphatic rings. The van der Waals surface area contributed by atoms with Gasteiger partial charge in [-0.3, -0.25) is 0 Å². The molecule has 6 nitrogen and oxygen atoms in total. The molecular formula is C13H25N3O3. The Morgan fingerprint density at radius 3 is 2.37 bits per heavy atom. The van der Waals surface area contributed by atoms with E-state index in [1.165, 1.54) is 0 Å². The first kappa shape index (κ1) is 15.8. The summed E-state index contributed by atoms with van der Waals surface area (Å²) in [6.07, 6.45) is 2.15. The largest absolute Gasteiger partial charge is 0.480 e. The summed E-state index contributed by atoms with van der Waals surface area (Å²) in [5.41, 5.74) is 0. The van der Waals surface area contributed by atoms with Crippen molar-refractivity contribution in [2.75, 3.05) is 26.7 Å². The number of amides is 2. The molecule has 1 aliphatic heterocycles. The predicted molar refractivity (Wildman–Crippen MR) is 73.0 cm³/mol. The Labute approximate surface area is 114 Å². The van der Waals surface area contributed by atoms with E-state index in [0.29, 0.717) is 12.5 Å². The number of carbonyl (C=O) groups is 2. The highest BCUT2D eigenvalue weighted by atomic mass is 16.4. The zero-order chi connectivity index (χ0) is 14.4. The third kappa shape index (κ3) is 5.46. The number of rotatable bonds is 5. The second kappa shape index (κ2) is 7.33. The van der Waals surface area contributed by atoms with Crippen LogP contribution in [0.3, 0.4) is 0 Å². The first-order valence-electron chi connectivity index (χ1n) is 6.86. The third-order valence-corrected chi connectivity index (χ3v) is 3.61. The highest BCUT2D eigenvalue weighted by Crippen LogP contribution is 2.14. The number of carbonyl (C=O) groups excluding carboxylic acids is 1. The van der Waals surface area contributed by atoms with E-state index < -0.39 is 12.0 Å². The van der Waals surface area contributed by atoms with Gasteiger partial charge in [0, 0.05) is 6.54 Å². The van der Waals surface area contributed by atoms with Crippen molar-refractivity contribution in [1.29, 1.82) is 0 Å². The van der Waals surface area contributed by atoms with Crippen LogP contribution in [0.2, 0.25) is 0 Å². The molecule has 0 spiro atoms. The SMILES string of the molecule is CC(C)[C@@H](NC(=O)NCC1CCN(C)CC1)C(=O)O. The fraction of sp³-hybridized carbons (Fsp3) is 0.846. The molecule has 1 heterocycles. The first-order valence-corrected chi connectivity index (χ1v) is 6.86. The molecular weight excluding hydrogens is 246 g/mol. The minimum absolute atomic E-state index is 0.133.